The quantitative estimate of drug-likeness (QED) is 0.0258. The average molecular weight is 1990 g/mol. The van der Waals surface area contributed by atoms with E-state index >= 15 is 0 Å². The lowest BCUT2D eigenvalue weighted by Gasteiger charge is -2.41. The molecule has 2 saturated heterocycles. The van der Waals surface area contributed by atoms with Crippen LogP contribution < -0.4 is 16.4 Å². The van der Waals surface area contributed by atoms with Crippen molar-refractivity contribution in [3.8, 4) is 0 Å². The molecular formula is C108H169N13O17S2. The Labute approximate surface area is 843 Å². The Morgan fingerprint density at radius 3 is 1.19 bits per heavy atom. The second-order valence-electron chi connectivity index (χ2n) is 41.1. The van der Waals surface area contributed by atoms with Crippen LogP contribution >= 0.6 is 22.7 Å². The molecule has 140 heavy (non-hydrogen) atoms. The van der Waals surface area contributed by atoms with Crippen LogP contribution in [0.3, 0.4) is 0 Å². The number of carbonyl (C=O) groups is 10. The number of nitrogens with one attached hydrogen (secondary N) is 2. The van der Waals surface area contributed by atoms with Crippen LogP contribution in [0.15, 0.2) is 120 Å². The lowest BCUT2D eigenvalue weighted by atomic mass is 9.83. The Morgan fingerprint density at radius 1 is 0.493 bits per heavy atom. The highest BCUT2D eigenvalue weighted by Gasteiger charge is 2.47. The lowest BCUT2D eigenvalue weighted by Crippen LogP contribution is -2.56. The topological polar surface area (TPSA) is 367 Å². The van der Waals surface area contributed by atoms with Gasteiger partial charge in [-0.25, -0.2) is 9.97 Å². The number of carbonyl (C=O) groups excluding carboxylic acids is 9. The monoisotopic (exact) mass is 1980 g/mol. The van der Waals surface area contributed by atoms with Gasteiger partial charge >= 0.3 is 17.9 Å². The van der Waals surface area contributed by atoms with E-state index in [1.807, 2.05) is 228 Å². The molecule has 0 spiro atoms. The summed E-state index contributed by atoms with van der Waals surface area (Å²) in [5.41, 5.74) is 10.3. The number of amides is 6. The third-order valence-corrected chi connectivity index (χ3v) is 28.5. The van der Waals surface area contributed by atoms with E-state index in [0.29, 0.717) is 56.8 Å². The maximum atomic E-state index is 14.8. The van der Waals surface area contributed by atoms with E-state index in [2.05, 4.69) is 58.3 Å². The Bertz CT molecular complexity index is 4770. The number of esters is 2. The highest BCUT2D eigenvalue weighted by atomic mass is 32.1. The SMILES string of the molecule is C.CC(C)[C@@H](C(=O)O)N(C)Cc1ccnc(CC(=O)OC(C)(C)C)c1.CC[C@H](C)[C@@H]([C@@H](CC(=O)N1CCC[C@H]1[C@H](OC)[C@@H](C)C(=O)N[C@@H](Cc1ccccc1)c1nccs1)OC)N(C)C(=O)[C@@H](CC(=O)[C@H](C(C)C)N(C)Cc1ccnc(CC(=O)OC(C)(C)C)c1)C(C)C.CC[C@H](C)[C@@H]([C@@H](CC(=O)N1CCC[C@H]1[C@H](OC)[C@@H](C)C(=O)N[C@@H](Cc1ccccc1)c1nccs1)OC)N(C)C(=O)[C@@H](N)C(C)C. The molecule has 5 N–H and O–H groups in total. The van der Waals surface area contributed by atoms with Crippen molar-refractivity contribution in [2.45, 2.75) is 332 Å². The number of rotatable bonds is 50. The number of pyridine rings is 2. The highest BCUT2D eigenvalue weighted by molar-refractivity contribution is 7.09. The molecule has 0 bridgehead atoms. The number of methoxy groups -OCH3 is 4. The van der Waals surface area contributed by atoms with Crippen LogP contribution in [0, 0.1) is 53.3 Å². The van der Waals surface area contributed by atoms with Crippen molar-refractivity contribution in [1.82, 2.24) is 60.0 Å². The maximum Gasteiger partial charge on any atom is 0.321 e. The molecule has 32 heteroatoms. The molecule has 0 radical (unpaired) electrons. The minimum atomic E-state index is -0.837. The number of nitrogens with two attached hydrogens (primary N) is 1. The summed E-state index contributed by atoms with van der Waals surface area (Å²) in [5, 5.41) is 21.3. The second-order valence-corrected chi connectivity index (χ2v) is 42.9. The minimum Gasteiger partial charge on any atom is -0.480 e. The highest BCUT2D eigenvalue weighted by Crippen LogP contribution is 2.36. The van der Waals surface area contributed by atoms with Gasteiger partial charge in [-0.05, 0) is 176 Å². The number of carboxylic acid groups (broad SMARTS) is 1. The summed E-state index contributed by atoms with van der Waals surface area (Å²) in [4.78, 5) is 163. The molecule has 2 aliphatic heterocycles. The molecule has 0 saturated carbocycles. The zero-order valence-corrected chi connectivity index (χ0v) is 89.7. The number of hydrogen-bond acceptors (Lipinski definition) is 25. The first kappa shape index (κ1) is 121. The van der Waals surface area contributed by atoms with Gasteiger partial charge in [0.05, 0.1) is 122 Å². The van der Waals surface area contributed by atoms with Crippen molar-refractivity contribution in [3.63, 3.8) is 0 Å². The normalized spacial score (nSPS) is 17.4. The zero-order valence-electron chi connectivity index (χ0n) is 88.1. The van der Waals surface area contributed by atoms with Crippen LogP contribution in [-0.4, -0.2) is 261 Å². The smallest absolute Gasteiger partial charge is 0.321 e. The number of ketones is 1. The first-order valence-electron chi connectivity index (χ1n) is 49.5. The number of aliphatic carboxylic acids is 1. The number of carboxylic acids is 1. The largest absolute Gasteiger partial charge is 0.480 e. The van der Waals surface area contributed by atoms with Crippen LogP contribution in [0.5, 0.6) is 0 Å². The summed E-state index contributed by atoms with van der Waals surface area (Å²) >= 11 is 3.01. The summed E-state index contributed by atoms with van der Waals surface area (Å²) in [6.07, 6.45) is 10.6. The predicted molar refractivity (Wildman–Crippen MR) is 551 cm³/mol. The molecule has 8 rings (SSSR count). The molecule has 0 aliphatic carbocycles. The van der Waals surface area contributed by atoms with Crippen LogP contribution in [0.1, 0.15) is 259 Å². The van der Waals surface area contributed by atoms with Gasteiger partial charge in [-0.3, -0.25) is 67.7 Å². The maximum absolute atomic E-state index is 14.8. The number of likely N-dealkylation sites (N-methyl/N-ethyl adjacent to an activating group) is 4. The molecule has 4 aromatic heterocycles. The molecule has 18 atom stereocenters. The minimum absolute atomic E-state index is 0. The van der Waals surface area contributed by atoms with Gasteiger partial charge in [0.1, 0.15) is 27.3 Å². The van der Waals surface area contributed by atoms with E-state index in [1.54, 1.807) is 89.1 Å². The predicted octanol–water partition coefficient (Wildman–Crippen LogP) is 15.7. The Kier molecular flexibility index (Phi) is 50.5. The molecule has 6 heterocycles. The standard InChI is InChI=1S/C54H82N6O8S.C35H55N5O5S.C18H28N2O4.CH4/c1-15-36(6)49(59(12)53(65)41(34(2)3)31-44(61)48(35(4)5)58(11)33-39-23-24-55-40(28-39)30-47(63)68-54(8,9)10)45(66-13)32-46(62)60-26-19-22-43(60)50(67-14)37(7)51(64)57-42(52-56-25-27-69-52)29-38-20-17-16-18-21-38;1-9-23(4)31(39(6)35(43)30(36)22(2)3)28(44-7)21-29(41)40-18-13-16-27(40)32(45-8)24(5)33(42)38-26(34-37-17-19-46-34)20-25-14-11-10-12-15-25;1-12(2)16(17(22)23)20(6)11-13-7-8-19-14(9-13)10-15(21)24-18(3,4)5;/h16-18,20-21,23-25,27-28,34-37,41-43,45,48-50H,15,19,22,26,29-33H2,1-14H3,(H,57,64);10-12,14-15,17,19,22-24,26-28,30-32H,9,13,16,18,20-21,36H2,1-8H3,(H,38,42);7-9,12,16H,10-11H2,1-6H3,(H,22,23);1H4/t36-,37+,41-,42-,43-,45+,48-,49-,50+;23-,24+,26-,27-,28+,30-,31-,32+;16-;/m000./s1. The first-order valence-corrected chi connectivity index (χ1v) is 51.2. The first-order chi connectivity index (χ1) is 65.5. The number of ether oxygens (including phenoxy) is 6. The molecule has 2 aliphatic rings. The number of hydrogen-bond donors (Lipinski definition) is 4. The van der Waals surface area contributed by atoms with E-state index in [1.165, 1.54) is 22.7 Å². The molecule has 2 aromatic carbocycles. The van der Waals surface area contributed by atoms with Gasteiger partial charge in [0.15, 0.2) is 5.78 Å². The number of benzene rings is 2. The zero-order chi connectivity index (χ0) is 104. The molecule has 780 valence electrons. The van der Waals surface area contributed by atoms with Gasteiger partial charge in [0, 0.05) is 117 Å². The van der Waals surface area contributed by atoms with Crippen molar-refractivity contribution in [1.29, 1.82) is 0 Å². The molecule has 6 amide bonds. The molecular weight excluding hydrogens is 1820 g/mol. The van der Waals surface area contributed by atoms with E-state index in [-0.39, 0.29) is 158 Å². The van der Waals surface area contributed by atoms with E-state index in [0.717, 1.165) is 64.4 Å². The summed E-state index contributed by atoms with van der Waals surface area (Å²) in [6, 6.07) is 23.8. The van der Waals surface area contributed by atoms with Crippen molar-refractivity contribution >= 4 is 81.8 Å². The van der Waals surface area contributed by atoms with Crippen molar-refractivity contribution in [2.24, 2.45) is 59.0 Å². The number of Topliss-reactive ketones (excluding diaryl/α,β-unsaturated/α-hetero) is 1. The summed E-state index contributed by atoms with van der Waals surface area (Å²) in [7, 11) is 13.6. The third-order valence-electron chi connectivity index (χ3n) is 26.7. The fraction of sp³-hybridized carbons (Fsp3) is 0.648. The van der Waals surface area contributed by atoms with E-state index in [4.69, 9.17) is 34.2 Å². The van der Waals surface area contributed by atoms with Gasteiger partial charge in [-0.1, -0.05) is 178 Å². The fourth-order valence-corrected chi connectivity index (χ4v) is 20.6. The number of nitrogens with zero attached hydrogens (tertiary/aromatic N) is 10. The Hall–Kier alpha value is -9.38. The molecule has 6 aromatic rings. The Morgan fingerprint density at radius 2 is 0.871 bits per heavy atom. The van der Waals surface area contributed by atoms with Crippen molar-refractivity contribution in [3.05, 3.63) is 164 Å². The van der Waals surface area contributed by atoms with Gasteiger partial charge in [-0.2, -0.15) is 0 Å². The summed E-state index contributed by atoms with van der Waals surface area (Å²) < 4.78 is 34.9. The van der Waals surface area contributed by atoms with E-state index < -0.39 is 83.5 Å². The van der Waals surface area contributed by atoms with Gasteiger partial charge < -0.3 is 69.5 Å². The molecule has 0 unspecified atom stereocenters. The third kappa shape index (κ3) is 36.8. The number of likely N-dealkylation sites (tertiary alicyclic amines) is 2. The Balaban J connectivity index is 0.000000416. The lowest BCUT2D eigenvalue weighted by molar-refractivity contribution is -0.155. The van der Waals surface area contributed by atoms with Crippen molar-refractivity contribution < 1.29 is 81.5 Å². The van der Waals surface area contributed by atoms with Crippen LogP contribution in [0.2, 0.25) is 0 Å². The summed E-state index contributed by atoms with van der Waals surface area (Å²) in [5.74, 6) is -4.26. The number of thiazole rings is 2. The second kappa shape index (κ2) is 58.4. The van der Waals surface area contributed by atoms with Gasteiger partial charge in [-0.15, -0.1) is 22.7 Å². The van der Waals surface area contributed by atoms with Crippen LogP contribution in [0.4, 0.5) is 0 Å². The number of aromatic nitrogens is 4. The van der Waals surface area contributed by atoms with E-state index in [9.17, 15) is 53.1 Å². The fourth-order valence-electron chi connectivity index (χ4n) is 19.2. The molecule has 30 nitrogen and oxygen atoms in total. The summed E-state index contributed by atoms with van der Waals surface area (Å²) in [6.45, 7) is 40.5. The molecule has 2 fully saturated rings. The van der Waals surface area contributed by atoms with Crippen LogP contribution in [-0.2, 0) is 115 Å². The van der Waals surface area contributed by atoms with Gasteiger partial charge in [0.25, 0.3) is 0 Å². The van der Waals surface area contributed by atoms with Crippen LogP contribution in [0.25, 0.3) is 0 Å². The van der Waals surface area contributed by atoms with Crippen molar-refractivity contribution in [2.75, 3.05) is 69.7 Å². The van der Waals surface area contributed by atoms with Gasteiger partial charge in [0.2, 0.25) is 35.4 Å². The average Bonchev–Trinajstić information content (AvgIpc) is 1.49.